The van der Waals surface area contributed by atoms with Crippen LogP contribution in [0.3, 0.4) is 0 Å². The van der Waals surface area contributed by atoms with E-state index in [-0.39, 0.29) is 37.5 Å². The van der Waals surface area contributed by atoms with Crippen molar-refractivity contribution in [3.63, 3.8) is 0 Å². The molecule has 0 bridgehead atoms. The van der Waals surface area contributed by atoms with Crippen LogP contribution < -0.4 is 5.32 Å². The summed E-state index contributed by atoms with van der Waals surface area (Å²) in [5.41, 5.74) is 0.267. The highest BCUT2D eigenvalue weighted by Gasteiger charge is 2.42. The molecule has 1 amide bonds. The van der Waals surface area contributed by atoms with Gasteiger partial charge in [-0.25, -0.2) is 0 Å². The molecule has 2 aromatic heterocycles. The highest BCUT2D eigenvalue weighted by atomic mass is 19.4. The van der Waals surface area contributed by atoms with E-state index in [0.29, 0.717) is 11.6 Å². The van der Waals surface area contributed by atoms with Crippen molar-refractivity contribution >= 4 is 5.91 Å². The first-order valence-corrected chi connectivity index (χ1v) is 7.12. The number of nitrogens with zero attached hydrogens (tertiary/aromatic N) is 4. The number of rotatable bonds is 3. The standard InChI is InChI=1S/C14H14F3N5O/c15-14(16,17)9-4-6-22-11(7-9)20-21-12(22)8-19-13(23)10-3-1-2-5-18-10/h1-3,5,9H,4,6-8H2,(H,19,23). The van der Waals surface area contributed by atoms with E-state index in [1.165, 1.54) is 6.20 Å². The van der Waals surface area contributed by atoms with Crippen molar-refractivity contribution in [3.05, 3.63) is 41.7 Å². The van der Waals surface area contributed by atoms with Gasteiger partial charge in [-0.05, 0) is 18.6 Å². The summed E-state index contributed by atoms with van der Waals surface area (Å²) in [5, 5.41) is 10.4. The van der Waals surface area contributed by atoms with Crippen LogP contribution in [0.1, 0.15) is 28.6 Å². The molecule has 0 spiro atoms. The molecule has 1 aliphatic heterocycles. The Morgan fingerprint density at radius 1 is 1.35 bits per heavy atom. The second-order valence-corrected chi connectivity index (χ2v) is 5.31. The van der Waals surface area contributed by atoms with Gasteiger partial charge in [0.15, 0.2) is 5.82 Å². The number of hydrogen-bond donors (Lipinski definition) is 1. The molecule has 1 atom stereocenters. The number of aromatic nitrogens is 4. The third-order valence-electron chi connectivity index (χ3n) is 3.80. The minimum absolute atomic E-state index is 0.00424. The fraction of sp³-hybridized carbons (Fsp3) is 0.429. The number of nitrogens with one attached hydrogen (secondary N) is 1. The van der Waals surface area contributed by atoms with Crippen molar-refractivity contribution in [2.45, 2.75) is 32.1 Å². The van der Waals surface area contributed by atoms with Gasteiger partial charge >= 0.3 is 6.18 Å². The van der Waals surface area contributed by atoms with Crippen LogP contribution in [-0.4, -0.2) is 31.8 Å². The largest absolute Gasteiger partial charge is 0.392 e. The highest BCUT2D eigenvalue weighted by Crippen LogP contribution is 2.34. The third kappa shape index (κ3) is 3.33. The first-order valence-electron chi connectivity index (χ1n) is 7.12. The van der Waals surface area contributed by atoms with Crippen LogP contribution in [0.4, 0.5) is 13.2 Å². The summed E-state index contributed by atoms with van der Waals surface area (Å²) in [4.78, 5) is 15.8. The summed E-state index contributed by atoms with van der Waals surface area (Å²) in [5.74, 6) is -0.993. The van der Waals surface area contributed by atoms with Gasteiger partial charge in [0.1, 0.15) is 11.5 Å². The summed E-state index contributed by atoms with van der Waals surface area (Å²) in [7, 11) is 0. The molecule has 0 saturated heterocycles. The Balaban J connectivity index is 1.65. The third-order valence-corrected chi connectivity index (χ3v) is 3.80. The van der Waals surface area contributed by atoms with Crippen LogP contribution in [0.5, 0.6) is 0 Å². The second-order valence-electron chi connectivity index (χ2n) is 5.31. The number of carbonyl (C=O) groups is 1. The maximum Gasteiger partial charge on any atom is 0.392 e. The van der Waals surface area contributed by atoms with Gasteiger partial charge in [-0.15, -0.1) is 10.2 Å². The molecule has 3 rings (SSSR count). The Hall–Kier alpha value is -2.45. The van der Waals surface area contributed by atoms with Crippen LogP contribution >= 0.6 is 0 Å². The predicted molar refractivity (Wildman–Crippen MR) is 73.3 cm³/mol. The maximum absolute atomic E-state index is 12.8. The van der Waals surface area contributed by atoms with E-state index in [0.717, 1.165) is 0 Å². The molecule has 3 heterocycles. The highest BCUT2D eigenvalue weighted by molar-refractivity contribution is 5.92. The number of hydrogen-bond acceptors (Lipinski definition) is 4. The van der Waals surface area contributed by atoms with E-state index in [4.69, 9.17) is 0 Å². The summed E-state index contributed by atoms with van der Waals surface area (Å²) in [6.45, 7) is 0.292. The average molecular weight is 325 g/mol. The fourth-order valence-electron chi connectivity index (χ4n) is 2.55. The van der Waals surface area contributed by atoms with E-state index < -0.39 is 12.1 Å². The summed E-state index contributed by atoms with van der Waals surface area (Å²) in [6.07, 6.45) is -2.89. The van der Waals surface area contributed by atoms with Crippen LogP contribution in [0.15, 0.2) is 24.4 Å². The lowest BCUT2D eigenvalue weighted by atomic mass is 9.97. The summed E-state index contributed by atoms with van der Waals surface area (Å²) < 4.78 is 39.9. The van der Waals surface area contributed by atoms with Crippen molar-refractivity contribution < 1.29 is 18.0 Å². The lowest BCUT2D eigenvalue weighted by Gasteiger charge is -2.25. The number of amides is 1. The molecular formula is C14H14F3N5O. The number of carbonyl (C=O) groups excluding carboxylic acids is 1. The smallest absolute Gasteiger partial charge is 0.343 e. The van der Waals surface area contributed by atoms with Crippen molar-refractivity contribution in [2.75, 3.05) is 0 Å². The number of fused-ring (bicyclic) bond motifs is 1. The van der Waals surface area contributed by atoms with Gasteiger partial charge in [0.25, 0.3) is 5.91 Å². The SMILES string of the molecule is O=C(NCc1nnc2n1CCC(C(F)(F)F)C2)c1ccccn1. The fourth-order valence-corrected chi connectivity index (χ4v) is 2.55. The van der Waals surface area contributed by atoms with Gasteiger partial charge in [-0.2, -0.15) is 13.2 Å². The van der Waals surface area contributed by atoms with Crippen molar-refractivity contribution in [1.82, 2.24) is 25.1 Å². The van der Waals surface area contributed by atoms with Crippen LogP contribution in [0, 0.1) is 5.92 Å². The lowest BCUT2D eigenvalue weighted by molar-refractivity contribution is -0.179. The minimum atomic E-state index is -4.22. The molecule has 0 aliphatic carbocycles. The molecule has 0 radical (unpaired) electrons. The van der Waals surface area contributed by atoms with Gasteiger partial charge < -0.3 is 9.88 Å². The molecule has 1 aliphatic rings. The monoisotopic (exact) mass is 325 g/mol. The van der Waals surface area contributed by atoms with Gasteiger partial charge in [0, 0.05) is 19.2 Å². The molecule has 1 unspecified atom stereocenters. The molecule has 23 heavy (non-hydrogen) atoms. The van der Waals surface area contributed by atoms with E-state index in [9.17, 15) is 18.0 Å². The molecule has 0 aromatic carbocycles. The first-order chi connectivity index (χ1) is 10.9. The normalized spacial score (nSPS) is 17.6. The van der Waals surface area contributed by atoms with Gasteiger partial charge in [-0.1, -0.05) is 6.07 Å². The van der Waals surface area contributed by atoms with Crippen LogP contribution in [0.25, 0.3) is 0 Å². The summed E-state index contributed by atoms with van der Waals surface area (Å²) in [6, 6.07) is 4.96. The number of alkyl halides is 3. The zero-order valence-corrected chi connectivity index (χ0v) is 12.0. The van der Waals surface area contributed by atoms with Gasteiger partial charge in [0.2, 0.25) is 0 Å². The van der Waals surface area contributed by atoms with Crippen molar-refractivity contribution in [3.8, 4) is 0 Å². The van der Waals surface area contributed by atoms with Crippen LogP contribution in [-0.2, 0) is 19.5 Å². The maximum atomic E-state index is 12.8. The van der Waals surface area contributed by atoms with Crippen molar-refractivity contribution in [2.24, 2.45) is 5.92 Å². The lowest BCUT2D eigenvalue weighted by Crippen LogP contribution is -2.32. The summed E-state index contributed by atoms with van der Waals surface area (Å²) >= 11 is 0. The topological polar surface area (TPSA) is 72.7 Å². The number of halogens is 3. The molecule has 6 nitrogen and oxygen atoms in total. The minimum Gasteiger partial charge on any atom is -0.343 e. The zero-order valence-electron chi connectivity index (χ0n) is 12.0. The zero-order chi connectivity index (χ0) is 16.4. The van der Waals surface area contributed by atoms with E-state index in [1.807, 2.05) is 0 Å². The molecular weight excluding hydrogens is 311 g/mol. The van der Waals surface area contributed by atoms with Crippen molar-refractivity contribution in [1.29, 1.82) is 0 Å². The Labute approximate surface area is 129 Å². The molecule has 2 aromatic rings. The Bertz CT molecular complexity index is 698. The van der Waals surface area contributed by atoms with E-state index in [1.54, 1.807) is 22.8 Å². The molecule has 0 saturated carbocycles. The van der Waals surface area contributed by atoms with Gasteiger partial charge in [0.05, 0.1) is 12.5 Å². The Morgan fingerprint density at radius 2 is 2.17 bits per heavy atom. The molecule has 9 heteroatoms. The molecule has 0 fully saturated rings. The van der Waals surface area contributed by atoms with Gasteiger partial charge in [-0.3, -0.25) is 9.78 Å². The second kappa shape index (κ2) is 5.98. The number of pyridine rings is 1. The average Bonchev–Trinajstić information content (AvgIpc) is 2.95. The predicted octanol–water partition coefficient (Wildman–Crippen LogP) is 1.73. The molecule has 1 N–H and O–H groups in total. The Kier molecular flexibility index (Phi) is 4.01. The van der Waals surface area contributed by atoms with Crippen LogP contribution in [0.2, 0.25) is 0 Å². The molecule has 122 valence electrons. The Morgan fingerprint density at radius 3 is 2.87 bits per heavy atom. The van der Waals surface area contributed by atoms with E-state index >= 15 is 0 Å². The quantitative estimate of drug-likeness (QED) is 0.933. The van der Waals surface area contributed by atoms with E-state index in [2.05, 4.69) is 20.5 Å². The first kappa shape index (κ1) is 15.4.